The predicted molar refractivity (Wildman–Crippen MR) is 109 cm³/mol. The first-order valence-corrected chi connectivity index (χ1v) is 9.54. The van der Waals surface area contributed by atoms with Crippen LogP contribution in [0.1, 0.15) is 54.4 Å². The summed E-state index contributed by atoms with van der Waals surface area (Å²) in [5.74, 6) is -0.627. The zero-order chi connectivity index (χ0) is 23.4. The number of methoxy groups -OCH3 is 1. The monoisotopic (exact) mass is 430 g/mol. The van der Waals surface area contributed by atoms with Crippen molar-refractivity contribution in [3.63, 3.8) is 0 Å². The SMILES string of the molecule is COC(=O)[C@H](CC=CC[C@@H](COC=O)NC(=O)OC(C)(C)C)NC(=O)OC(C)(C)C. The van der Waals surface area contributed by atoms with Gasteiger partial charge in [0.05, 0.1) is 13.2 Å². The molecule has 2 amide bonds. The fraction of sp³-hybridized carbons (Fsp3) is 0.700. The smallest absolute Gasteiger partial charge is 0.408 e. The van der Waals surface area contributed by atoms with E-state index in [-0.39, 0.29) is 19.5 Å². The minimum absolute atomic E-state index is 0.0519. The van der Waals surface area contributed by atoms with E-state index in [0.29, 0.717) is 6.42 Å². The van der Waals surface area contributed by atoms with Gasteiger partial charge < -0.3 is 29.6 Å². The molecule has 0 radical (unpaired) electrons. The Morgan fingerprint density at radius 1 is 0.867 bits per heavy atom. The standard InChI is InChI=1S/C20H34N2O8/c1-19(2,3)29-17(25)21-14(12-28-13-23)10-8-9-11-15(16(24)27-7)22-18(26)30-20(4,5)6/h8-9,13-15H,10-12H2,1-7H3,(H,21,25)(H,22,26)/t14-,15-/m0/s1. The largest absolute Gasteiger partial charge is 0.467 e. The van der Waals surface area contributed by atoms with Crippen LogP contribution in [0.2, 0.25) is 0 Å². The number of esters is 1. The van der Waals surface area contributed by atoms with E-state index in [9.17, 15) is 19.2 Å². The van der Waals surface area contributed by atoms with Gasteiger partial charge in [0.15, 0.2) is 0 Å². The Morgan fingerprint density at radius 3 is 1.83 bits per heavy atom. The first-order chi connectivity index (χ1) is 13.8. The van der Waals surface area contributed by atoms with Crippen molar-refractivity contribution in [2.24, 2.45) is 0 Å². The van der Waals surface area contributed by atoms with Crippen LogP contribution in [0.4, 0.5) is 9.59 Å². The van der Waals surface area contributed by atoms with Crippen LogP contribution in [0.15, 0.2) is 12.2 Å². The summed E-state index contributed by atoms with van der Waals surface area (Å²) in [5.41, 5.74) is -1.38. The highest BCUT2D eigenvalue weighted by Gasteiger charge is 2.24. The molecule has 0 heterocycles. The summed E-state index contributed by atoms with van der Waals surface area (Å²) in [4.78, 5) is 46.2. The summed E-state index contributed by atoms with van der Waals surface area (Å²) in [6, 6.07) is -1.47. The average molecular weight is 430 g/mol. The quantitative estimate of drug-likeness (QED) is 0.234. The molecule has 0 bridgehead atoms. The van der Waals surface area contributed by atoms with Gasteiger partial charge in [0.25, 0.3) is 6.47 Å². The van der Waals surface area contributed by atoms with Crippen LogP contribution < -0.4 is 10.6 Å². The minimum atomic E-state index is -0.940. The second kappa shape index (κ2) is 12.7. The number of rotatable bonds is 10. The van der Waals surface area contributed by atoms with Crippen LogP contribution >= 0.6 is 0 Å². The summed E-state index contributed by atoms with van der Waals surface area (Å²) in [6.07, 6.45) is 2.38. The molecule has 0 fully saturated rings. The van der Waals surface area contributed by atoms with Gasteiger partial charge >= 0.3 is 18.2 Å². The van der Waals surface area contributed by atoms with Crippen LogP contribution in [0.5, 0.6) is 0 Å². The van der Waals surface area contributed by atoms with Crippen molar-refractivity contribution >= 4 is 24.6 Å². The summed E-state index contributed by atoms with van der Waals surface area (Å²) in [6.45, 7) is 10.5. The van der Waals surface area contributed by atoms with Crippen LogP contribution in [0, 0.1) is 0 Å². The summed E-state index contributed by atoms with van der Waals surface area (Å²) >= 11 is 0. The van der Waals surface area contributed by atoms with Crippen LogP contribution in [0.25, 0.3) is 0 Å². The molecule has 0 aromatic heterocycles. The molecule has 0 aliphatic heterocycles. The fourth-order valence-electron chi connectivity index (χ4n) is 2.10. The topological polar surface area (TPSA) is 129 Å². The first-order valence-electron chi connectivity index (χ1n) is 9.54. The molecule has 30 heavy (non-hydrogen) atoms. The zero-order valence-corrected chi connectivity index (χ0v) is 18.8. The molecule has 172 valence electrons. The highest BCUT2D eigenvalue weighted by Crippen LogP contribution is 2.09. The Balaban J connectivity index is 4.86. The van der Waals surface area contributed by atoms with Crippen molar-refractivity contribution in [3.8, 4) is 0 Å². The molecule has 10 nitrogen and oxygen atoms in total. The molecular formula is C20H34N2O8. The average Bonchev–Trinajstić information content (AvgIpc) is 2.57. The van der Waals surface area contributed by atoms with Gasteiger partial charge in [0, 0.05) is 0 Å². The van der Waals surface area contributed by atoms with Crippen molar-refractivity contribution in [2.75, 3.05) is 13.7 Å². The minimum Gasteiger partial charge on any atom is -0.467 e. The number of amides is 2. The van der Waals surface area contributed by atoms with E-state index < -0.39 is 41.4 Å². The number of alkyl carbamates (subject to hydrolysis) is 2. The number of carbonyl (C=O) groups is 4. The first kappa shape index (κ1) is 27.2. The van der Waals surface area contributed by atoms with E-state index in [0.717, 1.165) is 0 Å². The number of nitrogens with one attached hydrogen (secondary N) is 2. The zero-order valence-electron chi connectivity index (χ0n) is 18.8. The molecule has 2 atom stereocenters. The second-order valence-electron chi connectivity index (χ2n) is 8.44. The lowest BCUT2D eigenvalue weighted by Crippen LogP contribution is -2.43. The number of ether oxygens (including phenoxy) is 4. The van der Waals surface area contributed by atoms with Crippen molar-refractivity contribution in [2.45, 2.75) is 77.7 Å². The van der Waals surface area contributed by atoms with Crippen molar-refractivity contribution in [1.29, 1.82) is 0 Å². The maximum Gasteiger partial charge on any atom is 0.408 e. The lowest BCUT2D eigenvalue weighted by molar-refractivity contribution is -0.143. The lowest BCUT2D eigenvalue weighted by Gasteiger charge is -2.23. The third-order valence-electron chi connectivity index (χ3n) is 3.22. The van der Waals surface area contributed by atoms with Gasteiger partial charge in [-0.05, 0) is 54.4 Å². The maximum absolute atomic E-state index is 11.9. The van der Waals surface area contributed by atoms with Crippen molar-refractivity contribution in [3.05, 3.63) is 12.2 Å². The Bertz CT molecular complexity index is 605. The normalized spacial score (nSPS) is 13.7. The van der Waals surface area contributed by atoms with E-state index in [1.807, 2.05) is 0 Å². The van der Waals surface area contributed by atoms with Crippen LogP contribution in [-0.4, -0.2) is 61.6 Å². The third kappa shape index (κ3) is 14.3. The maximum atomic E-state index is 11.9. The van der Waals surface area contributed by atoms with E-state index >= 15 is 0 Å². The lowest BCUT2D eigenvalue weighted by atomic mass is 10.1. The molecule has 0 unspecified atom stereocenters. The molecule has 0 aromatic carbocycles. The highest BCUT2D eigenvalue weighted by molar-refractivity contribution is 5.81. The van der Waals surface area contributed by atoms with Gasteiger partial charge in [0.1, 0.15) is 23.9 Å². The molecule has 0 saturated heterocycles. The van der Waals surface area contributed by atoms with E-state index in [1.54, 1.807) is 53.7 Å². The molecule has 0 saturated carbocycles. The number of carbonyl (C=O) groups excluding carboxylic acids is 4. The van der Waals surface area contributed by atoms with E-state index in [2.05, 4.69) is 10.6 Å². The predicted octanol–water partition coefficient (Wildman–Crippen LogP) is 2.46. The van der Waals surface area contributed by atoms with Gasteiger partial charge in [-0.3, -0.25) is 4.79 Å². The molecule has 0 aromatic rings. The third-order valence-corrected chi connectivity index (χ3v) is 3.22. The van der Waals surface area contributed by atoms with Crippen molar-refractivity contribution < 1.29 is 38.1 Å². The Hall–Kier alpha value is -2.78. The Kier molecular flexibility index (Phi) is 11.5. The van der Waals surface area contributed by atoms with E-state index in [1.165, 1.54) is 7.11 Å². The number of hydrogen-bond donors (Lipinski definition) is 2. The van der Waals surface area contributed by atoms with Crippen molar-refractivity contribution in [1.82, 2.24) is 10.6 Å². The van der Waals surface area contributed by atoms with Gasteiger partial charge in [-0.2, -0.15) is 0 Å². The van der Waals surface area contributed by atoms with Crippen LogP contribution in [0.3, 0.4) is 0 Å². The second-order valence-corrected chi connectivity index (χ2v) is 8.44. The molecule has 0 rings (SSSR count). The molecule has 0 spiro atoms. The van der Waals surface area contributed by atoms with Gasteiger partial charge in [-0.1, -0.05) is 12.2 Å². The molecule has 0 aliphatic rings. The summed E-state index contributed by atoms with van der Waals surface area (Å²) in [7, 11) is 1.22. The number of hydrogen-bond acceptors (Lipinski definition) is 8. The van der Waals surface area contributed by atoms with Gasteiger partial charge in [-0.15, -0.1) is 0 Å². The van der Waals surface area contributed by atoms with E-state index in [4.69, 9.17) is 18.9 Å². The Morgan fingerprint density at radius 2 is 1.37 bits per heavy atom. The van der Waals surface area contributed by atoms with Gasteiger partial charge in [0.2, 0.25) is 0 Å². The summed E-state index contributed by atoms with van der Waals surface area (Å²) < 4.78 is 19.7. The van der Waals surface area contributed by atoms with Crippen LogP contribution in [-0.2, 0) is 28.5 Å². The molecule has 2 N–H and O–H groups in total. The fourth-order valence-corrected chi connectivity index (χ4v) is 2.10. The molecular weight excluding hydrogens is 396 g/mol. The Labute approximate surface area is 177 Å². The molecule has 10 heteroatoms. The van der Waals surface area contributed by atoms with Gasteiger partial charge in [-0.25, -0.2) is 14.4 Å². The summed E-state index contributed by atoms with van der Waals surface area (Å²) in [5, 5.41) is 5.07. The molecule has 0 aliphatic carbocycles. The highest BCUT2D eigenvalue weighted by atomic mass is 16.6.